The fourth-order valence-corrected chi connectivity index (χ4v) is 1.37. The van der Waals surface area contributed by atoms with E-state index < -0.39 is 7.01 Å². The van der Waals surface area contributed by atoms with Crippen LogP contribution in [0, 0.1) is 0 Å². The van der Waals surface area contributed by atoms with Gasteiger partial charge in [-0.05, 0) is 6.92 Å². The van der Waals surface area contributed by atoms with E-state index in [0.717, 1.165) is 5.41 Å². The van der Waals surface area contributed by atoms with Crippen LogP contribution < -0.4 is 0 Å². The lowest BCUT2D eigenvalue weighted by atomic mass is 10.8. The maximum atomic E-state index is 10.1. The molecule has 0 aliphatic rings. The van der Waals surface area contributed by atoms with Crippen LogP contribution in [0.1, 0.15) is 6.92 Å². The van der Waals surface area contributed by atoms with Crippen LogP contribution >= 0.6 is 21.2 Å². The first-order chi connectivity index (χ1) is 3.06. The van der Waals surface area contributed by atoms with Gasteiger partial charge in [0, 0.05) is 5.41 Å². The van der Waals surface area contributed by atoms with Crippen molar-refractivity contribution in [2.24, 2.45) is 0 Å². The average molecular weight is 232 g/mol. The molecule has 0 aromatic rings. The quantitative estimate of drug-likeness (QED) is 0.504. The summed E-state index contributed by atoms with van der Waals surface area (Å²) in [4.78, 5) is 0. The van der Waals surface area contributed by atoms with E-state index in [0.29, 0.717) is 0 Å². The molecule has 0 heterocycles. The largest absolute Gasteiger partial charge is 0.224 e. The third kappa shape index (κ3) is 6.42. The van der Waals surface area contributed by atoms with E-state index in [1.54, 1.807) is 6.92 Å². The van der Waals surface area contributed by atoms with Gasteiger partial charge < -0.3 is 0 Å². The highest BCUT2D eigenvalue weighted by Gasteiger charge is 1.90. The Morgan fingerprint density at radius 1 is 1.57 bits per heavy atom. The van der Waals surface area contributed by atoms with Gasteiger partial charge in [-0.25, -0.2) is 8.42 Å². The first-order valence-corrected chi connectivity index (χ1v) is 5.72. The number of rotatable bonds is 1. The highest BCUT2D eigenvalue weighted by Crippen LogP contribution is 2.01. The first-order valence-electron chi connectivity index (χ1n) is 1.63. The van der Waals surface area contributed by atoms with Gasteiger partial charge in [0.25, 0.3) is 0 Å². The number of hydrogen-bond acceptors (Lipinski definition) is 2. The Balaban J connectivity index is 4.13. The van der Waals surface area contributed by atoms with E-state index in [2.05, 4.69) is 0 Å². The molecule has 0 atom stereocenters. The Morgan fingerprint density at radius 3 is 2.00 bits per heavy atom. The van der Waals surface area contributed by atoms with Gasteiger partial charge in [-0.3, -0.25) is 0 Å². The average Bonchev–Trinajstić information content (AvgIpc) is 1.30. The second-order valence-electron chi connectivity index (χ2n) is 0.945. The van der Waals surface area contributed by atoms with Crippen LogP contribution in [0.4, 0.5) is 0 Å². The molecule has 0 aromatic carbocycles. The minimum absolute atomic E-state index is 1.15. The van der Waals surface area contributed by atoms with Crippen molar-refractivity contribution in [2.75, 3.05) is 0 Å². The second-order valence-corrected chi connectivity index (χ2v) is 5.85. The SMILES string of the molecule is C/C=C/S(=O)(=O)I. The summed E-state index contributed by atoms with van der Waals surface area (Å²) in [6.45, 7) is 1.66. The lowest BCUT2D eigenvalue weighted by molar-refractivity contribution is 0.620. The molecule has 0 fully saturated rings. The highest BCUT2D eigenvalue weighted by molar-refractivity contribution is 14.2. The monoisotopic (exact) mass is 232 g/mol. The molecule has 0 N–H and O–H groups in total. The molecule has 42 valence electrons. The molecule has 0 radical (unpaired) electrons. The zero-order chi connectivity index (χ0) is 5.91. The molecule has 0 bridgehead atoms. The summed E-state index contributed by atoms with van der Waals surface area (Å²) >= 11 is 1.36. The summed E-state index contributed by atoms with van der Waals surface area (Å²) in [5.41, 5.74) is 0. The van der Waals surface area contributed by atoms with E-state index in [9.17, 15) is 8.42 Å². The van der Waals surface area contributed by atoms with Gasteiger partial charge >= 0.3 is 0 Å². The van der Waals surface area contributed by atoms with Crippen LogP contribution in [0.5, 0.6) is 0 Å². The molecule has 0 saturated heterocycles. The van der Waals surface area contributed by atoms with Crippen LogP contribution in [0.3, 0.4) is 0 Å². The van der Waals surface area contributed by atoms with Gasteiger partial charge in [-0.1, -0.05) is 6.08 Å². The van der Waals surface area contributed by atoms with Crippen LogP contribution in [0.2, 0.25) is 0 Å². The minimum atomic E-state index is -2.88. The fourth-order valence-electron chi connectivity index (χ4n) is 0.163. The maximum absolute atomic E-state index is 10.1. The first kappa shape index (κ1) is 7.42. The van der Waals surface area contributed by atoms with Crippen LogP contribution in [0.25, 0.3) is 0 Å². The van der Waals surface area contributed by atoms with Crippen molar-refractivity contribution in [1.82, 2.24) is 0 Å². The topological polar surface area (TPSA) is 34.1 Å². The van der Waals surface area contributed by atoms with E-state index >= 15 is 0 Å². The van der Waals surface area contributed by atoms with E-state index in [4.69, 9.17) is 0 Å². The molecule has 7 heavy (non-hydrogen) atoms. The molecular formula is C3H5IO2S. The van der Waals surface area contributed by atoms with Gasteiger partial charge in [-0.15, -0.1) is 0 Å². The normalized spacial score (nSPS) is 12.9. The molecule has 0 unspecified atom stereocenters. The van der Waals surface area contributed by atoms with Crippen molar-refractivity contribution in [1.29, 1.82) is 0 Å². The summed E-state index contributed by atoms with van der Waals surface area (Å²) in [5, 5.41) is 1.15. The predicted molar refractivity (Wildman–Crippen MR) is 37.8 cm³/mol. The Morgan fingerprint density at radius 2 is 2.00 bits per heavy atom. The number of halogens is 1. The van der Waals surface area contributed by atoms with Gasteiger partial charge in [-0.2, -0.15) is 0 Å². The van der Waals surface area contributed by atoms with E-state index in [1.807, 2.05) is 0 Å². The zero-order valence-corrected chi connectivity index (χ0v) is 6.73. The molecule has 4 heteroatoms. The summed E-state index contributed by atoms with van der Waals surface area (Å²) < 4.78 is 20.3. The van der Waals surface area contributed by atoms with Crippen molar-refractivity contribution in [3.05, 3.63) is 11.5 Å². The molecule has 0 rings (SSSR count). The Kier molecular flexibility index (Phi) is 2.82. The Labute approximate surface area is 55.1 Å². The molecule has 0 saturated carbocycles. The van der Waals surface area contributed by atoms with E-state index in [-0.39, 0.29) is 0 Å². The van der Waals surface area contributed by atoms with Crippen molar-refractivity contribution in [2.45, 2.75) is 6.92 Å². The minimum Gasteiger partial charge on any atom is -0.214 e. The maximum Gasteiger partial charge on any atom is 0.224 e. The Hall–Kier alpha value is 0.420. The van der Waals surface area contributed by atoms with Gasteiger partial charge in [0.05, 0.1) is 21.2 Å². The number of hydrogen-bond donors (Lipinski definition) is 0. The number of allylic oxidation sites excluding steroid dienone is 1. The molecular weight excluding hydrogens is 227 g/mol. The van der Waals surface area contributed by atoms with Crippen molar-refractivity contribution in [3.63, 3.8) is 0 Å². The van der Waals surface area contributed by atoms with Gasteiger partial charge in [0.15, 0.2) is 0 Å². The predicted octanol–water partition coefficient (Wildman–Crippen LogP) is 1.28. The molecule has 0 aliphatic carbocycles. The molecule has 0 amide bonds. The van der Waals surface area contributed by atoms with Gasteiger partial charge in [0.1, 0.15) is 0 Å². The second kappa shape index (κ2) is 2.66. The molecule has 0 aliphatic heterocycles. The van der Waals surface area contributed by atoms with Gasteiger partial charge in [0.2, 0.25) is 7.01 Å². The van der Waals surface area contributed by atoms with Crippen molar-refractivity contribution >= 4 is 28.2 Å². The van der Waals surface area contributed by atoms with Crippen LogP contribution in [0.15, 0.2) is 11.5 Å². The van der Waals surface area contributed by atoms with Crippen LogP contribution in [-0.4, -0.2) is 8.42 Å². The standard InChI is InChI=1S/C3H5IO2S/c1-2-3-7(4,5)6/h2-3H,1H3/b3-2+. The smallest absolute Gasteiger partial charge is 0.214 e. The molecule has 0 spiro atoms. The fraction of sp³-hybridized carbons (Fsp3) is 0.333. The summed E-state index contributed by atoms with van der Waals surface area (Å²) in [5.74, 6) is 0. The Bertz CT molecular complexity index is 156. The van der Waals surface area contributed by atoms with Crippen LogP contribution in [-0.2, 0) is 7.01 Å². The summed E-state index contributed by atoms with van der Waals surface area (Å²) in [6.07, 6.45) is 1.49. The summed E-state index contributed by atoms with van der Waals surface area (Å²) in [6, 6.07) is 0. The highest BCUT2D eigenvalue weighted by atomic mass is 127. The zero-order valence-electron chi connectivity index (χ0n) is 3.76. The lowest BCUT2D eigenvalue weighted by Gasteiger charge is -1.74. The summed E-state index contributed by atoms with van der Waals surface area (Å²) in [7, 11) is -2.88. The lowest BCUT2D eigenvalue weighted by Crippen LogP contribution is -1.74. The van der Waals surface area contributed by atoms with Crippen molar-refractivity contribution in [3.8, 4) is 0 Å². The third-order valence-corrected chi connectivity index (χ3v) is 1.78. The molecule has 2 nitrogen and oxygen atoms in total. The van der Waals surface area contributed by atoms with Crippen molar-refractivity contribution < 1.29 is 8.42 Å². The van der Waals surface area contributed by atoms with E-state index in [1.165, 1.54) is 27.3 Å². The third-order valence-electron chi connectivity index (χ3n) is 0.299. The molecule has 0 aromatic heterocycles.